The topological polar surface area (TPSA) is 15.3 Å². The first-order valence-corrected chi connectivity index (χ1v) is 6.09. The van der Waals surface area contributed by atoms with E-state index >= 15 is 0 Å². The van der Waals surface area contributed by atoms with Crippen LogP contribution in [0.3, 0.4) is 0 Å². The van der Waals surface area contributed by atoms with Crippen LogP contribution in [0, 0.1) is 0 Å². The molecule has 0 heterocycles. The van der Waals surface area contributed by atoms with Crippen LogP contribution in [0.2, 0.25) is 0 Å². The minimum absolute atomic E-state index is 0.691. The minimum atomic E-state index is 0.691. The van der Waals surface area contributed by atoms with E-state index in [0.717, 1.165) is 13.1 Å². The van der Waals surface area contributed by atoms with Crippen LogP contribution in [0.1, 0.15) is 47.0 Å². The van der Waals surface area contributed by atoms with Gasteiger partial charge in [0, 0.05) is 18.6 Å². The predicted octanol–water partition coefficient (Wildman–Crippen LogP) is 2.49. The quantitative estimate of drug-likeness (QED) is 0.647. The van der Waals surface area contributed by atoms with Crippen molar-refractivity contribution in [2.75, 3.05) is 20.1 Å². The summed E-state index contributed by atoms with van der Waals surface area (Å²) in [7, 11) is 2.26. The van der Waals surface area contributed by atoms with Gasteiger partial charge in [-0.2, -0.15) is 0 Å². The molecule has 0 bridgehead atoms. The molecule has 0 fully saturated rings. The van der Waals surface area contributed by atoms with Gasteiger partial charge in [0.2, 0.25) is 0 Å². The molecule has 0 spiro atoms. The van der Waals surface area contributed by atoms with Crippen molar-refractivity contribution in [3.05, 3.63) is 0 Å². The molecule has 2 heteroatoms. The van der Waals surface area contributed by atoms with Gasteiger partial charge >= 0.3 is 0 Å². The first-order valence-electron chi connectivity index (χ1n) is 6.09. The van der Waals surface area contributed by atoms with E-state index in [1.807, 2.05) is 0 Å². The second-order valence-electron chi connectivity index (χ2n) is 4.17. The zero-order valence-electron chi connectivity index (χ0n) is 10.6. The van der Waals surface area contributed by atoms with E-state index in [9.17, 15) is 0 Å². The van der Waals surface area contributed by atoms with E-state index in [0.29, 0.717) is 12.1 Å². The first kappa shape index (κ1) is 13.9. The average molecular weight is 200 g/mol. The molecule has 2 atom stereocenters. The third kappa shape index (κ3) is 4.97. The van der Waals surface area contributed by atoms with Gasteiger partial charge in [-0.3, -0.25) is 4.90 Å². The van der Waals surface area contributed by atoms with E-state index in [1.54, 1.807) is 0 Å². The van der Waals surface area contributed by atoms with E-state index in [-0.39, 0.29) is 0 Å². The Morgan fingerprint density at radius 1 is 1.21 bits per heavy atom. The van der Waals surface area contributed by atoms with E-state index < -0.39 is 0 Å². The standard InChI is InChI=1S/C12H28N2/c1-6-9-11(4)14(5)12(7-2)10-13-8-3/h11-13H,6-10H2,1-5H3. The SMILES string of the molecule is CCCC(C)N(C)C(CC)CNCC. The van der Waals surface area contributed by atoms with Crippen LogP contribution >= 0.6 is 0 Å². The van der Waals surface area contributed by atoms with Gasteiger partial charge in [-0.05, 0) is 33.4 Å². The fraction of sp³-hybridized carbons (Fsp3) is 1.00. The highest BCUT2D eigenvalue weighted by atomic mass is 15.2. The van der Waals surface area contributed by atoms with Gasteiger partial charge < -0.3 is 5.32 Å². The molecule has 0 aromatic heterocycles. The summed E-state index contributed by atoms with van der Waals surface area (Å²) >= 11 is 0. The molecule has 2 nitrogen and oxygen atoms in total. The Hall–Kier alpha value is -0.0800. The molecular weight excluding hydrogens is 172 g/mol. The molecule has 0 aliphatic heterocycles. The normalized spacial score (nSPS) is 15.9. The summed E-state index contributed by atoms with van der Waals surface area (Å²) in [6, 6.07) is 1.40. The maximum Gasteiger partial charge on any atom is 0.0217 e. The second-order valence-corrected chi connectivity index (χ2v) is 4.17. The molecule has 0 saturated heterocycles. The zero-order valence-corrected chi connectivity index (χ0v) is 10.6. The van der Waals surface area contributed by atoms with E-state index in [4.69, 9.17) is 0 Å². The summed E-state index contributed by atoms with van der Waals surface area (Å²) in [4.78, 5) is 2.52. The maximum absolute atomic E-state index is 3.44. The van der Waals surface area contributed by atoms with Crippen LogP contribution in [0.25, 0.3) is 0 Å². The van der Waals surface area contributed by atoms with Gasteiger partial charge in [-0.1, -0.05) is 27.2 Å². The van der Waals surface area contributed by atoms with Gasteiger partial charge in [0.25, 0.3) is 0 Å². The lowest BCUT2D eigenvalue weighted by atomic mass is 10.1. The highest BCUT2D eigenvalue weighted by Gasteiger charge is 2.16. The highest BCUT2D eigenvalue weighted by Crippen LogP contribution is 2.10. The molecule has 0 saturated carbocycles. The summed E-state index contributed by atoms with van der Waals surface area (Å²) in [5.41, 5.74) is 0. The number of likely N-dealkylation sites (N-methyl/N-ethyl adjacent to an activating group) is 2. The summed E-state index contributed by atoms with van der Waals surface area (Å²) in [6.07, 6.45) is 3.82. The third-order valence-corrected chi connectivity index (χ3v) is 3.08. The molecule has 0 amide bonds. The molecule has 0 rings (SSSR count). The Morgan fingerprint density at radius 2 is 1.86 bits per heavy atom. The third-order valence-electron chi connectivity index (χ3n) is 3.08. The summed E-state index contributed by atoms with van der Waals surface area (Å²) in [6.45, 7) is 11.2. The average Bonchev–Trinajstić information content (AvgIpc) is 2.19. The largest absolute Gasteiger partial charge is 0.315 e. The van der Waals surface area contributed by atoms with Gasteiger partial charge in [0.05, 0.1) is 0 Å². The fourth-order valence-corrected chi connectivity index (χ4v) is 1.87. The number of hydrogen-bond donors (Lipinski definition) is 1. The van der Waals surface area contributed by atoms with Crippen LogP contribution in [0.5, 0.6) is 0 Å². The van der Waals surface area contributed by atoms with Gasteiger partial charge in [0.1, 0.15) is 0 Å². The molecule has 0 aromatic carbocycles. The Balaban J connectivity index is 3.94. The van der Waals surface area contributed by atoms with Crippen molar-refractivity contribution in [3.63, 3.8) is 0 Å². The van der Waals surface area contributed by atoms with Crippen molar-refractivity contribution in [2.24, 2.45) is 0 Å². The Kier molecular flexibility index (Phi) is 8.20. The molecule has 0 aliphatic carbocycles. The maximum atomic E-state index is 3.44. The minimum Gasteiger partial charge on any atom is -0.315 e. The summed E-state index contributed by atoms with van der Waals surface area (Å²) in [5, 5.41) is 3.44. The second kappa shape index (κ2) is 8.25. The number of rotatable bonds is 8. The van der Waals surface area contributed by atoms with Crippen molar-refractivity contribution in [2.45, 2.75) is 59.0 Å². The van der Waals surface area contributed by atoms with Crippen molar-refractivity contribution in [3.8, 4) is 0 Å². The molecule has 86 valence electrons. The zero-order chi connectivity index (χ0) is 11.0. The summed E-state index contributed by atoms with van der Waals surface area (Å²) < 4.78 is 0. The van der Waals surface area contributed by atoms with Crippen LogP contribution in [0.15, 0.2) is 0 Å². The highest BCUT2D eigenvalue weighted by molar-refractivity contribution is 4.74. The van der Waals surface area contributed by atoms with Crippen molar-refractivity contribution < 1.29 is 0 Å². The van der Waals surface area contributed by atoms with Crippen LogP contribution in [-0.4, -0.2) is 37.1 Å². The lowest BCUT2D eigenvalue weighted by Crippen LogP contribution is -2.44. The predicted molar refractivity (Wildman–Crippen MR) is 64.8 cm³/mol. The lowest BCUT2D eigenvalue weighted by Gasteiger charge is -2.32. The van der Waals surface area contributed by atoms with Crippen molar-refractivity contribution >= 4 is 0 Å². The monoisotopic (exact) mass is 200 g/mol. The van der Waals surface area contributed by atoms with E-state index in [1.165, 1.54) is 19.3 Å². The number of nitrogens with zero attached hydrogens (tertiary/aromatic N) is 1. The molecule has 0 aliphatic rings. The van der Waals surface area contributed by atoms with Crippen LogP contribution in [0.4, 0.5) is 0 Å². The first-order chi connectivity index (χ1) is 6.67. The van der Waals surface area contributed by atoms with Crippen molar-refractivity contribution in [1.29, 1.82) is 0 Å². The fourth-order valence-electron chi connectivity index (χ4n) is 1.87. The number of nitrogens with one attached hydrogen (secondary N) is 1. The molecule has 1 N–H and O–H groups in total. The molecule has 14 heavy (non-hydrogen) atoms. The number of hydrogen-bond acceptors (Lipinski definition) is 2. The van der Waals surface area contributed by atoms with Crippen molar-refractivity contribution in [1.82, 2.24) is 10.2 Å². The lowest BCUT2D eigenvalue weighted by molar-refractivity contribution is 0.167. The Bertz CT molecular complexity index is 125. The van der Waals surface area contributed by atoms with Crippen LogP contribution < -0.4 is 5.32 Å². The van der Waals surface area contributed by atoms with Gasteiger partial charge in [-0.15, -0.1) is 0 Å². The van der Waals surface area contributed by atoms with Gasteiger partial charge in [0.15, 0.2) is 0 Å². The van der Waals surface area contributed by atoms with Crippen LogP contribution in [-0.2, 0) is 0 Å². The summed E-state index contributed by atoms with van der Waals surface area (Å²) in [5.74, 6) is 0. The smallest absolute Gasteiger partial charge is 0.0217 e. The Labute approximate surface area is 90.1 Å². The molecule has 0 radical (unpaired) electrons. The van der Waals surface area contributed by atoms with E-state index in [2.05, 4.69) is 45.0 Å². The molecule has 2 unspecified atom stereocenters. The molecule has 0 aromatic rings. The Morgan fingerprint density at radius 3 is 2.29 bits per heavy atom. The molecular formula is C12H28N2. The van der Waals surface area contributed by atoms with Gasteiger partial charge in [-0.25, -0.2) is 0 Å².